The fraction of sp³-hybridized carbons (Fsp3) is 0.909. The molecule has 4 heteroatoms. The molecule has 1 heterocycles. The van der Waals surface area contributed by atoms with Crippen LogP contribution in [0, 0.1) is 0 Å². The van der Waals surface area contributed by atoms with Gasteiger partial charge in [-0.1, -0.05) is 6.92 Å². The number of ether oxygens (including phenoxy) is 2. The van der Waals surface area contributed by atoms with Gasteiger partial charge in [-0.2, -0.15) is 0 Å². The second kappa shape index (κ2) is 5.47. The molecular weight excluding hydrogens is 194 g/mol. The molecule has 2 atom stereocenters. The van der Waals surface area contributed by atoms with E-state index in [1.807, 2.05) is 0 Å². The summed E-state index contributed by atoms with van der Waals surface area (Å²) in [6, 6.07) is 0.364. The van der Waals surface area contributed by atoms with Gasteiger partial charge in [0.05, 0.1) is 19.3 Å². The lowest BCUT2D eigenvalue weighted by Crippen LogP contribution is -2.46. The van der Waals surface area contributed by atoms with Crippen LogP contribution in [0.2, 0.25) is 0 Å². The van der Waals surface area contributed by atoms with Crippen LogP contribution in [0.4, 0.5) is 0 Å². The average Bonchev–Trinajstić information content (AvgIpc) is 2.26. The maximum atomic E-state index is 11.0. The van der Waals surface area contributed by atoms with Crippen LogP contribution in [0.5, 0.6) is 0 Å². The smallest absolute Gasteiger partial charge is 0.319 e. The van der Waals surface area contributed by atoms with Crippen LogP contribution in [0.15, 0.2) is 0 Å². The predicted molar refractivity (Wildman–Crippen MR) is 57.7 cm³/mol. The molecule has 0 aromatic rings. The molecule has 15 heavy (non-hydrogen) atoms. The first-order valence-electron chi connectivity index (χ1n) is 5.54. The van der Waals surface area contributed by atoms with Crippen molar-refractivity contribution in [2.75, 3.05) is 20.3 Å². The van der Waals surface area contributed by atoms with Gasteiger partial charge in [-0.05, 0) is 26.2 Å². The number of nitrogens with one attached hydrogen (secondary N) is 1. The average molecular weight is 215 g/mol. The highest BCUT2D eigenvalue weighted by Gasteiger charge is 2.31. The molecule has 0 aromatic carbocycles. The Morgan fingerprint density at radius 2 is 2.40 bits per heavy atom. The molecule has 1 rings (SSSR count). The van der Waals surface area contributed by atoms with E-state index in [1.54, 1.807) is 0 Å². The Kier molecular flexibility index (Phi) is 4.54. The van der Waals surface area contributed by atoms with E-state index in [9.17, 15) is 4.79 Å². The highest BCUT2D eigenvalue weighted by Crippen LogP contribution is 2.27. The number of methoxy groups -OCH3 is 1. The first-order chi connectivity index (χ1) is 7.09. The van der Waals surface area contributed by atoms with E-state index in [4.69, 9.17) is 4.74 Å². The van der Waals surface area contributed by atoms with E-state index in [0.29, 0.717) is 12.6 Å². The Morgan fingerprint density at radius 1 is 1.67 bits per heavy atom. The zero-order valence-electron chi connectivity index (χ0n) is 9.84. The third-order valence-corrected chi connectivity index (χ3v) is 3.11. The van der Waals surface area contributed by atoms with Crippen LogP contribution in [0.25, 0.3) is 0 Å². The van der Waals surface area contributed by atoms with Crippen LogP contribution >= 0.6 is 0 Å². The summed E-state index contributed by atoms with van der Waals surface area (Å²) >= 11 is 0. The van der Waals surface area contributed by atoms with Crippen molar-refractivity contribution in [1.29, 1.82) is 0 Å². The number of carbonyl (C=O) groups excluding carboxylic acids is 1. The quantitative estimate of drug-likeness (QED) is 0.713. The number of rotatable bonds is 4. The maximum Gasteiger partial charge on any atom is 0.319 e. The van der Waals surface area contributed by atoms with E-state index in [-0.39, 0.29) is 11.6 Å². The molecule has 1 N–H and O–H groups in total. The lowest BCUT2D eigenvalue weighted by atomic mass is 9.90. The van der Waals surface area contributed by atoms with Gasteiger partial charge in [0.15, 0.2) is 0 Å². The molecule has 1 aliphatic rings. The second-order valence-electron chi connectivity index (χ2n) is 4.30. The van der Waals surface area contributed by atoms with Crippen molar-refractivity contribution in [2.24, 2.45) is 0 Å². The van der Waals surface area contributed by atoms with Crippen LogP contribution in [-0.4, -0.2) is 37.9 Å². The zero-order valence-corrected chi connectivity index (χ0v) is 9.84. The largest absolute Gasteiger partial charge is 0.468 e. The van der Waals surface area contributed by atoms with Crippen molar-refractivity contribution < 1.29 is 14.3 Å². The summed E-state index contributed by atoms with van der Waals surface area (Å²) in [6.45, 7) is 5.31. The Balaban J connectivity index is 2.33. The first-order valence-corrected chi connectivity index (χ1v) is 5.54. The predicted octanol–water partition coefficient (Wildman–Crippen LogP) is 1.10. The van der Waals surface area contributed by atoms with Gasteiger partial charge in [0.2, 0.25) is 0 Å². The number of hydrogen-bond donors (Lipinski definition) is 1. The Hall–Kier alpha value is -0.610. The van der Waals surface area contributed by atoms with E-state index < -0.39 is 0 Å². The first kappa shape index (κ1) is 12.5. The fourth-order valence-corrected chi connectivity index (χ4v) is 1.85. The standard InChI is InChI=1S/C11H21NO3/c1-4-11(2)7-9(5-6-15-11)12-8-10(13)14-3/h9,12H,4-8H2,1-3H3. The van der Waals surface area contributed by atoms with Gasteiger partial charge in [-0.15, -0.1) is 0 Å². The van der Waals surface area contributed by atoms with Crippen LogP contribution in [0.1, 0.15) is 33.1 Å². The Bertz CT molecular complexity index is 220. The van der Waals surface area contributed by atoms with Crippen molar-refractivity contribution in [3.05, 3.63) is 0 Å². The summed E-state index contributed by atoms with van der Waals surface area (Å²) in [6.07, 6.45) is 2.93. The highest BCUT2D eigenvalue weighted by atomic mass is 16.5. The molecule has 1 fully saturated rings. The number of carbonyl (C=O) groups is 1. The van der Waals surface area contributed by atoms with Gasteiger partial charge in [-0.3, -0.25) is 4.79 Å². The van der Waals surface area contributed by atoms with E-state index >= 15 is 0 Å². The van der Waals surface area contributed by atoms with Crippen LogP contribution in [-0.2, 0) is 14.3 Å². The molecule has 1 saturated heterocycles. The summed E-state index contributed by atoms with van der Waals surface area (Å²) in [5.74, 6) is -0.209. The van der Waals surface area contributed by atoms with Gasteiger partial charge in [0.1, 0.15) is 0 Å². The van der Waals surface area contributed by atoms with Crippen molar-refractivity contribution >= 4 is 5.97 Å². The van der Waals surface area contributed by atoms with E-state index in [2.05, 4.69) is 23.9 Å². The normalized spacial score (nSPS) is 31.3. The van der Waals surface area contributed by atoms with Gasteiger partial charge in [0, 0.05) is 12.6 Å². The fourth-order valence-electron chi connectivity index (χ4n) is 1.85. The van der Waals surface area contributed by atoms with Crippen LogP contribution in [0.3, 0.4) is 0 Å². The molecule has 0 bridgehead atoms. The van der Waals surface area contributed by atoms with Gasteiger partial charge < -0.3 is 14.8 Å². The van der Waals surface area contributed by atoms with Crippen molar-refractivity contribution in [3.8, 4) is 0 Å². The summed E-state index contributed by atoms with van der Waals surface area (Å²) < 4.78 is 10.3. The SMILES string of the molecule is CCC1(C)CC(NCC(=O)OC)CCO1. The summed E-state index contributed by atoms with van der Waals surface area (Å²) in [4.78, 5) is 11.0. The minimum Gasteiger partial charge on any atom is -0.468 e. The van der Waals surface area contributed by atoms with Gasteiger partial charge in [0.25, 0.3) is 0 Å². The third kappa shape index (κ3) is 3.80. The number of esters is 1. The zero-order chi connectivity index (χ0) is 11.3. The van der Waals surface area contributed by atoms with Gasteiger partial charge >= 0.3 is 5.97 Å². The maximum absolute atomic E-state index is 11.0. The minimum atomic E-state index is -0.209. The van der Waals surface area contributed by atoms with Crippen molar-refractivity contribution in [1.82, 2.24) is 5.32 Å². The molecule has 0 radical (unpaired) electrons. The Labute approximate surface area is 91.3 Å². The minimum absolute atomic E-state index is 0.0357. The molecule has 0 aliphatic carbocycles. The molecule has 2 unspecified atom stereocenters. The Morgan fingerprint density at radius 3 is 3.00 bits per heavy atom. The molecule has 0 spiro atoms. The van der Waals surface area contributed by atoms with E-state index in [1.165, 1.54) is 7.11 Å². The molecule has 88 valence electrons. The lowest BCUT2D eigenvalue weighted by molar-refractivity contribution is -0.140. The highest BCUT2D eigenvalue weighted by molar-refractivity contribution is 5.71. The summed E-state index contributed by atoms with van der Waals surface area (Å²) in [5, 5.41) is 3.21. The van der Waals surface area contributed by atoms with Crippen molar-refractivity contribution in [3.63, 3.8) is 0 Å². The molecule has 0 amide bonds. The molecule has 0 aromatic heterocycles. The van der Waals surface area contributed by atoms with Crippen LogP contribution < -0.4 is 5.32 Å². The molecule has 4 nitrogen and oxygen atoms in total. The molecular formula is C11H21NO3. The van der Waals surface area contributed by atoms with E-state index in [0.717, 1.165) is 25.9 Å². The second-order valence-corrected chi connectivity index (χ2v) is 4.30. The molecule has 0 saturated carbocycles. The molecule has 1 aliphatic heterocycles. The number of hydrogen-bond acceptors (Lipinski definition) is 4. The van der Waals surface area contributed by atoms with Gasteiger partial charge in [-0.25, -0.2) is 0 Å². The van der Waals surface area contributed by atoms with Crippen molar-refractivity contribution in [2.45, 2.75) is 44.8 Å². The monoisotopic (exact) mass is 215 g/mol. The topological polar surface area (TPSA) is 47.6 Å². The third-order valence-electron chi connectivity index (χ3n) is 3.11. The summed E-state index contributed by atoms with van der Waals surface area (Å²) in [5.41, 5.74) is -0.0357. The summed E-state index contributed by atoms with van der Waals surface area (Å²) in [7, 11) is 1.41. The lowest BCUT2D eigenvalue weighted by Gasteiger charge is -2.38.